The highest BCUT2D eigenvalue weighted by Crippen LogP contribution is 2.68. The number of fused-ring (bicyclic) bond motifs is 1. The highest BCUT2D eigenvalue weighted by Gasteiger charge is 2.75. The molecule has 1 saturated heterocycles. The molecule has 3 atom stereocenters. The van der Waals surface area contributed by atoms with E-state index in [-0.39, 0.29) is 17.3 Å². The van der Waals surface area contributed by atoms with Gasteiger partial charge in [0.25, 0.3) is 0 Å². The number of cyclic esters (lactones) is 1. The molecular weight excluding hydrogens is 236 g/mol. The van der Waals surface area contributed by atoms with Gasteiger partial charge in [-0.3, -0.25) is 4.79 Å². The van der Waals surface area contributed by atoms with Crippen LogP contribution >= 0.6 is 0 Å². The van der Waals surface area contributed by atoms with Crippen LogP contribution in [0.3, 0.4) is 0 Å². The van der Waals surface area contributed by atoms with Gasteiger partial charge in [-0.15, -0.1) is 0 Å². The predicted octanol–water partition coefficient (Wildman–Crippen LogP) is 3.31. The lowest BCUT2D eigenvalue weighted by molar-refractivity contribution is -0.142. The first-order valence-corrected chi connectivity index (χ1v) is 7.56. The lowest BCUT2D eigenvalue weighted by Crippen LogP contribution is -2.22. The third kappa shape index (κ3) is 1.52. The molecule has 2 aliphatic carbocycles. The van der Waals surface area contributed by atoms with Crippen molar-refractivity contribution in [3.63, 3.8) is 0 Å². The van der Waals surface area contributed by atoms with Crippen molar-refractivity contribution in [1.82, 2.24) is 0 Å². The maximum atomic E-state index is 12.0. The number of esters is 1. The summed E-state index contributed by atoms with van der Waals surface area (Å²) in [5, 5.41) is 0. The third-order valence-corrected chi connectivity index (χ3v) is 5.58. The molecule has 3 fully saturated rings. The molecule has 1 heterocycles. The molecule has 1 aliphatic heterocycles. The van der Waals surface area contributed by atoms with Crippen LogP contribution in [-0.4, -0.2) is 12.6 Å². The van der Waals surface area contributed by atoms with Gasteiger partial charge in [0, 0.05) is 5.41 Å². The summed E-state index contributed by atoms with van der Waals surface area (Å²) in [6, 6.07) is 10.6. The average Bonchev–Trinajstić information content (AvgIpc) is 3.06. The Morgan fingerprint density at radius 1 is 1.05 bits per heavy atom. The van der Waals surface area contributed by atoms with Crippen molar-refractivity contribution in [3.05, 3.63) is 35.9 Å². The molecule has 4 rings (SSSR count). The minimum atomic E-state index is 0.0281. The summed E-state index contributed by atoms with van der Waals surface area (Å²) in [6.07, 6.45) is 6.67. The van der Waals surface area contributed by atoms with E-state index in [1.54, 1.807) is 0 Å². The normalized spacial score (nSPS) is 37.8. The molecule has 19 heavy (non-hydrogen) atoms. The summed E-state index contributed by atoms with van der Waals surface area (Å²) in [7, 11) is 0. The maximum Gasteiger partial charge on any atom is 0.310 e. The molecule has 0 bridgehead atoms. The van der Waals surface area contributed by atoms with Gasteiger partial charge in [0.15, 0.2) is 0 Å². The summed E-state index contributed by atoms with van der Waals surface area (Å²) >= 11 is 0. The third-order valence-electron chi connectivity index (χ3n) is 5.58. The van der Waals surface area contributed by atoms with E-state index >= 15 is 0 Å². The van der Waals surface area contributed by atoms with Crippen LogP contribution in [0.2, 0.25) is 0 Å². The van der Waals surface area contributed by atoms with Crippen LogP contribution in [0.4, 0.5) is 0 Å². The molecule has 2 nitrogen and oxygen atoms in total. The number of carbonyl (C=O) groups excluding carboxylic acids is 1. The summed E-state index contributed by atoms with van der Waals surface area (Å²) in [5.74, 6) is 1.50. The second-order valence-electron chi connectivity index (χ2n) is 6.42. The van der Waals surface area contributed by atoms with Gasteiger partial charge >= 0.3 is 5.97 Å². The summed E-state index contributed by atoms with van der Waals surface area (Å²) in [6.45, 7) is 0.613. The zero-order chi connectivity index (χ0) is 12.9. The molecule has 1 unspecified atom stereocenters. The predicted molar refractivity (Wildman–Crippen MR) is 72.6 cm³/mol. The first-order chi connectivity index (χ1) is 9.34. The average molecular weight is 256 g/mol. The van der Waals surface area contributed by atoms with E-state index < -0.39 is 0 Å². The number of benzene rings is 1. The van der Waals surface area contributed by atoms with E-state index in [0.29, 0.717) is 12.5 Å². The molecule has 0 N–H and O–H groups in total. The number of hydrogen-bond acceptors (Lipinski definition) is 2. The van der Waals surface area contributed by atoms with E-state index in [2.05, 4.69) is 24.3 Å². The van der Waals surface area contributed by atoms with Gasteiger partial charge in [0.05, 0.1) is 5.92 Å². The van der Waals surface area contributed by atoms with E-state index in [9.17, 15) is 4.79 Å². The molecule has 1 aromatic rings. The van der Waals surface area contributed by atoms with Crippen molar-refractivity contribution < 1.29 is 9.53 Å². The number of ether oxygens (including phenoxy) is 1. The quantitative estimate of drug-likeness (QED) is 0.759. The molecule has 2 heteroatoms. The van der Waals surface area contributed by atoms with Crippen LogP contribution in [0, 0.1) is 17.8 Å². The van der Waals surface area contributed by atoms with E-state index in [0.717, 1.165) is 5.92 Å². The Labute approximate surface area is 114 Å². The Kier molecular flexibility index (Phi) is 2.48. The lowest BCUT2D eigenvalue weighted by atomic mass is 9.81. The molecule has 1 aromatic carbocycles. The summed E-state index contributed by atoms with van der Waals surface area (Å²) in [4.78, 5) is 12.0. The smallest absolute Gasteiger partial charge is 0.310 e. The molecule has 0 spiro atoms. The first kappa shape index (κ1) is 11.5. The summed E-state index contributed by atoms with van der Waals surface area (Å²) in [5.41, 5.74) is 1.35. The summed E-state index contributed by atoms with van der Waals surface area (Å²) < 4.78 is 5.35. The van der Waals surface area contributed by atoms with Gasteiger partial charge in [-0.2, -0.15) is 0 Å². The molecule has 0 amide bonds. The molecular formula is C17H20O2. The standard InChI is InChI=1S/C17H20O2/c18-16-15-14(12-7-3-1-4-8-12)17(15,11-19-16)13-9-5-2-6-10-13/h2,5-6,9-10,12,14-15H,1,3-4,7-8,11H2/t14-,15?,17-/m1/s1. The van der Waals surface area contributed by atoms with Crippen LogP contribution in [0.5, 0.6) is 0 Å². The zero-order valence-corrected chi connectivity index (χ0v) is 11.2. The van der Waals surface area contributed by atoms with Crippen LogP contribution in [0.1, 0.15) is 37.7 Å². The zero-order valence-electron chi connectivity index (χ0n) is 11.2. The van der Waals surface area contributed by atoms with Crippen LogP contribution in [-0.2, 0) is 14.9 Å². The van der Waals surface area contributed by atoms with E-state index in [4.69, 9.17) is 4.74 Å². The Morgan fingerprint density at radius 2 is 1.79 bits per heavy atom. The topological polar surface area (TPSA) is 26.3 Å². The van der Waals surface area contributed by atoms with Gasteiger partial charge in [-0.1, -0.05) is 62.4 Å². The highest BCUT2D eigenvalue weighted by molar-refractivity contribution is 5.83. The van der Waals surface area contributed by atoms with Crippen LogP contribution < -0.4 is 0 Å². The number of hydrogen-bond donors (Lipinski definition) is 0. The molecule has 2 saturated carbocycles. The molecule has 100 valence electrons. The first-order valence-electron chi connectivity index (χ1n) is 7.56. The van der Waals surface area contributed by atoms with Crippen LogP contribution in [0.15, 0.2) is 30.3 Å². The number of rotatable bonds is 2. The molecule has 3 aliphatic rings. The number of carbonyl (C=O) groups is 1. The minimum absolute atomic E-state index is 0.0281. The van der Waals surface area contributed by atoms with Crippen LogP contribution in [0.25, 0.3) is 0 Å². The largest absolute Gasteiger partial charge is 0.464 e. The van der Waals surface area contributed by atoms with Crippen molar-refractivity contribution >= 4 is 5.97 Å². The minimum Gasteiger partial charge on any atom is -0.464 e. The van der Waals surface area contributed by atoms with Crippen molar-refractivity contribution in [3.8, 4) is 0 Å². The lowest BCUT2D eigenvalue weighted by Gasteiger charge is -2.25. The van der Waals surface area contributed by atoms with Gasteiger partial charge in [0.1, 0.15) is 6.61 Å². The van der Waals surface area contributed by atoms with Crippen molar-refractivity contribution in [2.24, 2.45) is 17.8 Å². The van der Waals surface area contributed by atoms with E-state index in [1.807, 2.05) is 6.07 Å². The SMILES string of the molecule is O=C1OC[C@]2(c3ccccc3)C1[C@H]2C1CCCCC1. The highest BCUT2D eigenvalue weighted by atomic mass is 16.5. The Balaban J connectivity index is 1.68. The maximum absolute atomic E-state index is 12.0. The Bertz CT molecular complexity index is 489. The van der Waals surface area contributed by atoms with Crippen molar-refractivity contribution in [2.75, 3.05) is 6.61 Å². The fraction of sp³-hybridized carbons (Fsp3) is 0.588. The second kappa shape index (κ2) is 4.09. The fourth-order valence-electron chi connectivity index (χ4n) is 4.68. The molecule has 0 aromatic heterocycles. The Morgan fingerprint density at radius 3 is 2.53 bits per heavy atom. The second-order valence-corrected chi connectivity index (χ2v) is 6.42. The van der Waals surface area contributed by atoms with Crippen molar-refractivity contribution in [1.29, 1.82) is 0 Å². The van der Waals surface area contributed by atoms with Crippen molar-refractivity contribution in [2.45, 2.75) is 37.5 Å². The van der Waals surface area contributed by atoms with E-state index in [1.165, 1.54) is 37.7 Å². The van der Waals surface area contributed by atoms with Gasteiger partial charge in [-0.25, -0.2) is 0 Å². The van der Waals surface area contributed by atoms with Gasteiger partial charge < -0.3 is 4.74 Å². The fourth-order valence-corrected chi connectivity index (χ4v) is 4.68. The molecule has 0 radical (unpaired) electrons. The van der Waals surface area contributed by atoms with Gasteiger partial charge in [-0.05, 0) is 17.4 Å². The monoisotopic (exact) mass is 256 g/mol. The Hall–Kier alpha value is -1.31. The van der Waals surface area contributed by atoms with Gasteiger partial charge in [0.2, 0.25) is 0 Å².